The Kier molecular flexibility index (Phi) is 4.72. The fourth-order valence-corrected chi connectivity index (χ4v) is 3.00. The normalized spacial score (nSPS) is 11.5. The van der Waals surface area contributed by atoms with E-state index in [9.17, 15) is 4.79 Å². The van der Waals surface area contributed by atoms with Crippen LogP contribution in [0.3, 0.4) is 0 Å². The Hall–Kier alpha value is -1.76. The summed E-state index contributed by atoms with van der Waals surface area (Å²) in [6.07, 6.45) is 0. The van der Waals surface area contributed by atoms with Crippen molar-refractivity contribution in [2.75, 3.05) is 5.32 Å². The van der Waals surface area contributed by atoms with Crippen LogP contribution >= 0.6 is 34.5 Å². The molecule has 0 aliphatic rings. The summed E-state index contributed by atoms with van der Waals surface area (Å²) >= 11 is 13.4. The predicted molar refractivity (Wildman–Crippen MR) is 86.0 cm³/mol. The Bertz CT molecular complexity index is 728. The minimum absolute atomic E-state index is 0.0632. The second kappa shape index (κ2) is 6.34. The molecule has 0 saturated carbocycles. The van der Waals surface area contributed by atoms with Crippen molar-refractivity contribution in [1.29, 1.82) is 0 Å². The minimum Gasteiger partial charge on any atom is -0.409 e. The number of nitrogens with one attached hydrogen (secondary N) is 1. The predicted octanol–water partition coefficient (Wildman–Crippen LogP) is 3.71. The quantitative estimate of drug-likeness (QED) is 0.343. The van der Waals surface area contributed by atoms with Gasteiger partial charge in [-0.2, -0.15) is 0 Å². The van der Waals surface area contributed by atoms with Gasteiger partial charge in [-0.3, -0.25) is 4.79 Å². The van der Waals surface area contributed by atoms with Crippen LogP contribution in [0.15, 0.2) is 28.7 Å². The number of thiophene rings is 1. The van der Waals surface area contributed by atoms with Crippen LogP contribution in [0.4, 0.5) is 5.69 Å². The van der Waals surface area contributed by atoms with E-state index in [-0.39, 0.29) is 16.8 Å². The highest BCUT2D eigenvalue weighted by Crippen LogP contribution is 2.29. The van der Waals surface area contributed by atoms with Gasteiger partial charge in [-0.05, 0) is 36.1 Å². The molecule has 1 heterocycles. The monoisotopic (exact) mass is 343 g/mol. The van der Waals surface area contributed by atoms with E-state index in [0.29, 0.717) is 21.2 Å². The molecule has 4 N–H and O–H groups in total. The Morgan fingerprint density at radius 1 is 1.43 bits per heavy atom. The molecule has 0 fully saturated rings. The smallest absolute Gasteiger partial charge is 0.267 e. The largest absolute Gasteiger partial charge is 0.409 e. The molecule has 0 spiro atoms. The van der Waals surface area contributed by atoms with Crippen LogP contribution in [0, 0.1) is 6.92 Å². The number of nitrogens with zero attached hydrogens (tertiary/aromatic N) is 1. The van der Waals surface area contributed by atoms with E-state index < -0.39 is 0 Å². The van der Waals surface area contributed by atoms with Crippen LogP contribution in [0.1, 0.15) is 20.8 Å². The standard InChI is InChI=1S/C13H11Cl2N3O2S/c1-6-5-21-11(10(6)15)13(19)17-9-3-2-7(4-8(9)14)12(16)18-20/h2-5,20H,1H3,(H2,16,18)(H,17,19). The Labute approximate surface area is 135 Å². The second-order valence-corrected chi connectivity index (χ2v) is 5.86. The van der Waals surface area contributed by atoms with Gasteiger partial charge in [0.2, 0.25) is 0 Å². The summed E-state index contributed by atoms with van der Waals surface area (Å²) in [6, 6.07) is 4.65. The molecule has 1 aromatic carbocycles. The number of anilines is 1. The first kappa shape index (κ1) is 15.6. The molecule has 5 nitrogen and oxygen atoms in total. The summed E-state index contributed by atoms with van der Waals surface area (Å²) in [5, 5.41) is 16.7. The number of amides is 1. The molecule has 2 rings (SSSR count). The van der Waals surface area contributed by atoms with E-state index in [1.54, 1.807) is 17.5 Å². The van der Waals surface area contributed by atoms with Crippen molar-refractivity contribution >= 4 is 52.0 Å². The molecule has 0 atom stereocenters. The number of halogens is 2. The zero-order valence-electron chi connectivity index (χ0n) is 10.9. The average molecular weight is 344 g/mol. The maximum Gasteiger partial charge on any atom is 0.267 e. The molecule has 0 unspecified atom stereocenters. The fraction of sp³-hybridized carbons (Fsp3) is 0.0769. The third kappa shape index (κ3) is 3.29. The third-order valence-electron chi connectivity index (χ3n) is 2.73. The maximum atomic E-state index is 12.1. The number of carbonyl (C=O) groups excluding carboxylic acids is 1. The molecule has 0 radical (unpaired) electrons. The van der Waals surface area contributed by atoms with E-state index >= 15 is 0 Å². The molecule has 110 valence electrons. The Balaban J connectivity index is 2.24. The number of oxime groups is 1. The summed E-state index contributed by atoms with van der Waals surface area (Å²) < 4.78 is 0. The van der Waals surface area contributed by atoms with Crippen LogP contribution < -0.4 is 11.1 Å². The molecule has 0 saturated heterocycles. The average Bonchev–Trinajstić information content (AvgIpc) is 2.80. The molecule has 0 bridgehead atoms. The van der Waals surface area contributed by atoms with Gasteiger partial charge in [0.1, 0.15) is 4.88 Å². The lowest BCUT2D eigenvalue weighted by atomic mass is 10.2. The Morgan fingerprint density at radius 2 is 2.14 bits per heavy atom. The highest BCUT2D eigenvalue weighted by atomic mass is 35.5. The van der Waals surface area contributed by atoms with E-state index in [1.165, 1.54) is 17.4 Å². The van der Waals surface area contributed by atoms with Gasteiger partial charge in [0.15, 0.2) is 5.84 Å². The molecule has 21 heavy (non-hydrogen) atoms. The SMILES string of the molecule is Cc1csc(C(=O)Nc2ccc(/C(N)=N/O)cc2Cl)c1Cl. The van der Waals surface area contributed by atoms with Gasteiger partial charge in [-0.25, -0.2) is 0 Å². The number of aryl methyl sites for hydroxylation is 1. The van der Waals surface area contributed by atoms with Crippen LogP contribution in [-0.4, -0.2) is 17.0 Å². The maximum absolute atomic E-state index is 12.1. The first-order valence-corrected chi connectivity index (χ1v) is 7.40. The third-order valence-corrected chi connectivity index (χ3v) is 4.73. The zero-order valence-corrected chi connectivity index (χ0v) is 13.2. The summed E-state index contributed by atoms with van der Waals surface area (Å²) in [7, 11) is 0. The summed E-state index contributed by atoms with van der Waals surface area (Å²) in [6.45, 7) is 1.83. The van der Waals surface area contributed by atoms with Crippen molar-refractivity contribution in [3.05, 3.63) is 49.6 Å². The summed E-state index contributed by atoms with van der Waals surface area (Å²) in [4.78, 5) is 12.6. The van der Waals surface area contributed by atoms with Crippen LogP contribution in [0.2, 0.25) is 10.0 Å². The fourth-order valence-electron chi connectivity index (χ4n) is 1.60. The molecule has 2 aromatic rings. The van der Waals surface area contributed by atoms with Crippen molar-refractivity contribution < 1.29 is 10.0 Å². The van der Waals surface area contributed by atoms with Gasteiger partial charge in [0.05, 0.1) is 15.7 Å². The number of nitrogens with two attached hydrogens (primary N) is 1. The van der Waals surface area contributed by atoms with Gasteiger partial charge >= 0.3 is 0 Å². The molecule has 0 aliphatic carbocycles. The molecular weight excluding hydrogens is 333 g/mol. The van der Waals surface area contributed by atoms with Gasteiger partial charge in [0.25, 0.3) is 5.91 Å². The number of amidine groups is 1. The topological polar surface area (TPSA) is 87.7 Å². The Morgan fingerprint density at radius 3 is 2.67 bits per heavy atom. The molecule has 0 aliphatic heterocycles. The summed E-state index contributed by atoms with van der Waals surface area (Å²) in [5.74, 6) is -0.400. The molecule has 8 heteroatoms. The summed E-state index contributed by atoms with van der Waals surface area (Å²) in [5.41, 5.74) is 7.18. The van der Waals surface area contributed by atoms with Crippen molar-refractivity contribution in [3.8, 4) is 0 Å². The van der Waals surface area contributed by atoms with Crippen molar-refractivity contribution in [1.82, 2.24) is 0 Å². The number of hydrogen-bond donors (Lipinski definition) is 3. The molecular formula is C13H11Cl2N3O2S. The number of benzene rings is 1. The van der Waals surface area contributed by atoms with Gasteiger partial charge < -0.3 is 16.3 Å². The number of carbonyl (C=O) groups is 1. The van der Waals surface area contributed by atoms with E-state index in [1.807, 2.05) is 6.92 Å². The lowest BCUT2D eigenvalue weighted by Crippen LogP contribution is -2.14. The van der Waals surface area contributed by atoms with Gasteiger partial charge in [-0.1, -0.05) is 28.4 Å². The zero-order chi connectivity index (χ0) is 15.6. The van der Waals surface area contributed by atoms with Crippen LogP contribution in [0.5, 0.6) is 0 Å². The number of hydrogen-bond acceptors (Lipinski definition) is 4. The lowest BCUT2D eigenvalue weighted by molar-refractivity contribution is 0.103. The molecule has 1 aromatic heterocycles. The van der Waals surface area contributed by atoms with Crippen molar-refractivity contribution in [3.63, 3.8) is 0 Å². The highest BCUT2D eigenvalue weighted by molar-refractivity contribution is 7.13. The van der Waals surface area contributed by atoms with Gasteiger partial charge in [0, 0.05) is 5.56 Å². The number of rotatable bonds is 3. The van der Waals surface area contributed by atoms with E-state index in [4.69, 9.17) is 34.1 Å². The van der Waals surface area contributed by atoms with Crippen LogP contribution in [-0.2, 0) is 0 Å². The highest BCUT2D eigenvalue weighted by Gasteiger charge is 2.16. The van der Waals surface area contributed by atoms with Crippen LogP contribution in [0.25, 0.3) is 0 Å². The van der Waals surface area contributed by atoms with E-state index in [0.717, 1.165) is 5.56 Å². The molecule has 1 amide bonds. The first-order chi connectivity index (χ1) is 9.93. The second-order valence-electron chi connectivity index (χ2n) is 4.20. The van der Waals surface area contributed by atoms with Crippen molar-refractivity contribution in [2.24, 2.45) is 10.9 Å². The lowest BCUT2D eigenvalue weighted by Gasteiger charge is -2.08. The van der Waals surface area contributed by atoms with E-state index in [2.05, 4.69) is 10.5 Å². The first-order valence-electron chi connectivity index (χ1n) is 5.76. The minimum atomic E-state index is -0.337. The van der Waals surface area contributed by atoms with Gasteiger partial charge in [-0.15, -0.1) is 11.3 Å². The van der Waals surface area contributed by atoms with Crippen molar-refractivity contribution in [2.45, 2.75) is 6.92 Å².